The predicted molar refractivity (Wildman–Crippen MR) is 69.6 cm³/mol. The summed E-state index contributed by atoms with van der Waals surface area (Å²) in [6.07, 6.45) is 1.12. The monoisotopic (exact) mass is 241 g/mol. The van der Waals surface area contributed by atoms with Gasteiger partial charge in [0, 0.05) is 0 Å². The molecule has 2 nitrogen and oxygen atoms in total. The quantitative estimate of drug-likeness (QED) is 0.771. The lowest BCUT2D eigenvalue weighted by Gasteiger charge is -2.13. The third-order valence-corrected chi connectivity index (χ3v) is 3.06. The summed E-state index contributed by atoms with van der Waals surface area (Å²) in [6, 6.07) is 6.00. The van der Waals surface area contributed by atoms with Crippen molar-refractivity contribution < 1.29 is 4.74 Å². The van der Waals surface area contributed by atoms with E-state index in [1.54, 1.807) is 7.11 Å². The maximum atomic E-state index is 5.99. The lowest BCUT2D eigenvalue weighted by molar-refractivity contribution is 0.414. The Morgan fingerprint density at radius 2 is 2.19 bits per heavy atom. The van der Waals surface area contributed by atoms with Crippen LogP contribution in [0.1, 0.15) is 31.7 Å². The minimum Gasteiger partial charge on any atom is -0.495 e. The molecule has 0 amide bonds. The van der Waals surface area contributed by atoms with Gasteiger partial charge in [0.1, 0.15) is 5.75 Å². The number of nitrogens with one attached hydrogen (secondary N) is 1. The Hall–Kier alpha value is -0.730. The van der Waals surface area contributed by atoms with Crippen molar-refractivity contribution in [3.05, 3.63) is 28.8 Å². The molecule has 0 aromatic heterocycles. The van der Waals surface area contributed by atoms with Crippen molar-refractivity contribution in [1.29, 1.82) is 0 Å². The Labute approximate surface area is 103 Å². The molecule has 90 valence electrons. The average molecular weight is 242 g/mol. The summed E-state index contributed by atoms with van der Waals surface area (Å²) >= 11 is 5.99. The summed E-state index contributed by atoms with van der Waals surface area (Å²) in [5.74, 6) is 1.28. The van der Waals surface area contributed by atoms with Gasteiger partial charge in [-0.1, -0.05) is 31.5 Å². The number of benzene rings is 1. The molecule has 1 unspecified atom stereocenters. The zero-order valence-electron chi connectivity index (χ0n) is 10.2. The van der Waals surface area contributed by atoms with Crippen LogP contribution in [0.25, 0.3) is 0 Å². The predicted octanol–water partition coefficient (Wildman–Crippen LogP) is 3.45. The van der Waals surface area contributed by atoms with Gasteiger partial charge in [-0.2, -0.15) is 0 Å². The summed E-state index contributed by atoms with van der Waals surface area (Å²) in [5, 5.41) is 4.00. The van der Waals surface area contributed by atoms with Gasteiger partial charge in [-0.3, -0.25) is 0 Å². The highest BCUT2D eigenvalue weighted by molar-refractivity contribution is 6.32. The molecule has 1 rings (SSSR count). The van der Waals surface area contributed by atoms with Crippen LogP contribution in [0.15, 0.2) is 18.2 Å². The van der Waals surface area contributed by atoms with E-state index in [0.29, 0.717) is 10.9 Å². The second-order valence-corrected chi connectivity index (χ2v) is 4.34. The topological polar surface area (TPSA) is 21.3 Å². The number of hydrogen-bond donors (Lipinski definition) is 1. The first-order valence-electron chi connectivity index (χ1n) is 5.73. The Bertz CT molecular complexity index is 328. The van der Waals surface area contributed by atoms with Crippen LogP contribution in [-0.4, -0.2) is 20.2 Å². The van der Waals surface area contributed by atoms with Crippen LogP contribution in [-0.2, 0) is 0 Å². The molecule has 0 aliphatic heterocycles. The maximum Gasteiger partial charge on any atom is 0.137 e. The van der Waals surface area contributed by atoms with Crippen molar-refractivity contribution in [2.45, 2.75) is 26.2 Å². The summed E-state index contributed by atoms with van der Waals surface area (Å²) in [4.78, 5) is 0. The van der Waals surface area contributed by atoms with Gasteiger partial charge >= 0.3 is 0 Å². The van der Waals surface area contributed by atoms with Gasteiger partial charge in [0.15, 0.2) is 0 Å². The first-order chi connectivity index (χ1) is 7.69. The van der Waals surface area contributed by atoms with Gasteiger partial charge in [0.05, 0.1) is 12.1 Å². The Balaban J connectivity index is 2.64. The summed E-state index contributed by atoms with van der Waals surface area (Å²) in [6.45, 7) is 6.41. The number of ether oxygens (including phenoxy) is 1. The van der Waals surface area contributed by atoms with Gasteiger partial charge in [-0.05, 0) is 43.1 Å². The van der Waals surface area contributed by atoms with Crippen LogP contribution in [0, 0.1) is 0 Å². The van der Waals surface area contributed by atoms with Crippen molar-refractivity contribution in [2.24, 2.45) is 0 Å². The zero-order valence-corrected chi connectivity index (χ0v) is 11.0. The number of hydrogen-bond acceptors (Lipinski definition) is 2. The number of rotatable bonds is 6. The maximum absolute atomic E-state index is 5.99. The fourth-order valence-corrected chi connectivity index (χ4v) is 1.84. The molecule has 0 saturated heterocycles. The van der Waals surface area contributed by atoms with E-state index >= 15 is 0 Å². The minimum absolute atomic E-state index is 0.519. The van der Waals surface area contributed by atoms with E-state index in [-0.39, 0.29) is 0 Å². The van der Waals surface area contributed by atoms with Crippen molar-refractivity contribution in [1.82, 2.24) is 5.32 Å². The highest BCUT2D eigenvalue weighted by Crippen LogP contribution is 2.29. The molecule has 0 aliphatic rings. The molecule has 1 N–H and O–H groups in total. The highest BCUT2D eigenvalue weighted by Gasteiger charge is 2.08. The molecule has 1 aromatic carbocycles. The molecule has 0 bridgehead atoms. The Morgan fingerprint density at radius 1 is 1.44 bits per heavy atom. The van der Waals surface area contributed by atoms with Crippen LogP contribution < -0.4 is 10.1 Å². The third kappa shape index (κ3) is 3.69. The average Bonchev–Trinajstić information content (AvgIpc) is 2.30. The van der Waals surface area contributed by atoms with Crippen LogP contribution in [0.2, 0.25) is 5.02 Å². The minimum atomic E-state index is 0.519. The molecule has 0 aliphatic carbocycles. The standard InChI is InChI=1S/C13H20ClNO/c1-4-15-8-7-10(2)11-5-6-12(14)13(9-11)16-3/h5-6,9-10,15H,4,7-8H2,1-3H3. The van der Waals surface area contributed by atoms with Crippen molar-refractivity contribution >= 4 is 11.6 Å². The van der Waals surface area contributed by atoms with Gasteiger partial charge < -0.3 is 10.1 Å². The molecule has 3 heteroatoms. The lowest BCUT2D eigenvalue weighted by atomic mass is 9.97. The third-order valence-electron chi connectivity index (χ3n) is 2.75. The fourth-order valence-electron chi connectivity index (χ4n) is 1.64. The second-order valence-electron chi connectivity index (χ2n) is 3.94. The normalized spacial score (nSPS) is 12.5. The van der Waals surface area contributed by atoms with E-state index < -0.39 is 0 Å². The van der Waals surface area contributed by atoms with E-state index in [2.05, 4.69) is 25.2 Å². The molecular weight excluding hydrogens is 222 g/mol. The molecule has 0 heterocycles. The van der Waals surface area contributed by atoms with E-state index in [4.69, 9.17) is 16.3 Å². The molecule has 1 aromatic rings. The van der Waals surface area contributed by atoms with Crippen LogP contribution in [0.5, 0.6) is 5.75 Å². The van der Waals surface area contributed by atoms with E-state index in [1.807, 2.05) is 12.1 Å². The van der Waals surface area contributed by atoms with Gasteiger partial charge in [-0.15, -0.1) is 0 Å². The van der Waals surface area contributed by atoms with E-state index in [1.165, 1.54) is 5.56 Å². The molecule has 16 heavy (non-hydrogen) atoms. The molecule has 0 radical (unpaired) electrons. The summed E-state index contributed by atoms with van der Waals surface area (Å²) in [7, 11) is 1.65. The largest absolute Gasteiger partial charge is 0.495 e. The van der Waals surface area contributed by atoms with Crippen molar-refractivity contribution in [3.8, 4) is 5.75 Å². The van der Waals surface area contributed by atoms with Gasteiger partial charge in [0.2, 0.25) is 0 Å². The highest BCUT2D eigenvalue weighted by atomic mass is 35.5. The lowest BCUT2D eigenvalue weighted by Crippen LogP contribution is -2.15. The molecule has 0 fully saturated rings. The van der Waals surface area contributed by atoms with Gasteiger partial charge in [-0.25, -0.2) is 0 Å². The fraction of sp³-hybridized carbons (Fsp3) is 0.538. The second kappa shape index (κ2) is 6.77. The van der Waals surface area contributed by atoms with Crippen LogP contribution >= 0.6 is 11.6 Å². The summed E-state index contributed by atoms with van der Waals surface area (Å²) < 4.78 is 5.21. The van der Waals surface area contributed by atoms with Crippen LogP contribution in [0.3, 0.4) is 0 Å². The zero-order chi connectivity index (χ0) is 12.0. The Morgan fingerprint density at radius 3 is 2.81 bits per heavy atom. The first kappa shape index (κ1) is 13.3. The smallest absolute Gasteiger partial charge is 0.137 e. The number of methoxy groups -OCH3 is 1. The van der Waals surface area contributed by atoms with Crippen LogP contribution in [0.4, 0.5) is 0 Å². The van der Waals surface area contributed by atoms with Gasteiger partial charge in [0.25, 0.3) is 0 Å². The van der Waals surface area contributed by atoms with Crippen molar-refractivity contribution in [3.63, 3.8) is 0 Å². The summed E-state index contributed by atoms with van der Waals surface area (Å²) in [5.41, 5.74) is 1.28. The SMILES string of the molecule is CCNCCC(C)c1ccc(Cl)c(OC)c1. The van der Waals surface area contributed by atoms with Crippen molar-refractivity contribution in [2.75, 3.05) is 20.2 Å². The molecular formula is C13H20ClNO. The number of halogens is 1. The Kier molecular flexibility index (Phi) is 5.64. The molecule has 1 atom stereocenters. The van der Waals surface area contributed by atoms with E-state index in [0.717, 1.165) is 25.3 Å². The molecule has 0 saturated carbocycles. The first-order valence-corrected chi connectivity index (χ1v) is 6.11. The molecule has 0 spiro atoms. The van der Waals surface area contributed by atoms with E-state index in [9.17, 15) is 0 Å².